The standard InChI is InChI=1S/C11H16BrNO2/c1-9(2)8(15)11(12)4-3-10(9,6-11)5-7(13)14/h3-6H2,1-2H3,(H2,13,14). The Hall–Kier alpha value is -0.380. The highest BCUT2D eigenvalue weighted by Gasteiger charge is 2.68. The average molecular weight is 274 g/mol. The zero-order valence-electron chi connectivity index (χ0n) is 9.10. The van der Waals surface area contributed by atoms with E-state index in [-0.39, 0.29) is 21.4 Å². The molecule has 2 unspecified atom stereocenters. The number of halogens is 1. The molecule has 2 aliphatic rings. The van der Waals surface area contributed by atoms with Crippen molar-refractivity contribution in [3.63, 3.8) is 0 Å². The smallest absolute Gasteiger partial charge is 0.218 e. The van der Waals surface area contributed by atoms with Crippen molar-refractivity contribution in [2.75, 3.05) is 0 Å². The minimum atomic E-state index is -0.427. The molecule has 0 spiro atoms. The Labute approximate surface area is 97.9 Å². The van der Waals surface area contributed by atoms with Gasteiger partial charge in [-0.05, 0) is 24.7 Å². The molecule has 2 saturated carbocycles. The number of hydrogen-bond acceptors (Lipinski definition) is 2. The van der Waals surface area contributed by atoms with Crippen LogP contribution in [0, 0.1) is 10.8 Å². The predicted molar refractivity (Wildman–Crippen MR) is 60.5 cm³/mol. The lowest BCUT2D eigenvalue weighted by atomic mass is 9.63. The number of amides is 1. The number of Topliss-reactive ketones (excluding diaryl/α,β-unsaturated/α-hetero) is 1. The van der Waals surface area contributed by atoms with Gasteiger partial charge in [-0.3, -0.25) is 9.59 Å². The lowest BCUT2D eigenvalue weighted by molar-refractivity contribution is -0.134. The number of nitrogens with two attached hydrogens (primary N) is 1. The van der Waals surface area contributed by atoms with Crippen molar-refractivity contribution >= 4 is 27.6 Å². The molecule has 2 fully saturated rings. The van der Waals surface area contributed by atoms with E-state index in [2.05, 4.69) is 15.9 Å². The van der Waals surface area contributed by atoms with Crippen LogP contribution in [0.4, 0.5) is 0 Å². The van der Waals surface area contributed by atoms with Crippen molar-refractivity contribution < 1.29 is 9.59 Å². The van der Waals surface area contributed by atoms with Gasteiger partial charge in [-0.2, -0.15) is 0 Å². The Balaban J connectivity index is 2.42. The number of fused-ring (bicyclic) bond motifs is 2. The minimum Gasteiger partial charge on any atom is -0.370 e. The normalized spacial score (nSPS) is 42.2. The van der Waals surface area contributed by atoms with Crippen LogP contribution in [0.25, 0.3) is 0 Å². The van der Waals surface area contributed by atoms with E-state index >= 15 is 0 Å². The molecule has 0 radical (unpaired) electrons. The Kier molecular flexibility index (Phi) is 2.11. The number of carbonyl (C=O) groups excluding carboxylic acids is 2. The molecule has 2 aliphatic carbocycles. The molecule has 1 amide bonds. The van der Waals surface area contributed by atoms with E-state index in [9.17, 15) is 9.59 Å². The van der Waals surface area contributed by atoms with Crippen LogP contribution < -0.4 is 5.73 Å². The largest absolute Gasteiger partial charge is 0.370 e. The van der Waals surface area contributed by atoms with Crippen LogP contribution in [-0.4, -0.2) is 16.0 Å². The van der Waals surface area contributed by atoms with E-state index in [4.69, 9.17) is 5.73 Å². The van der Waals surface area contributed by atoms with Crippen molar-refractivity contribution in [2.45, 2.75) is 43.9 Å². The summed E-state index contributed by atoms with van der Waals surface area (Å²) in [4.78, 5) is 23.3. The van der Waals surface area contributed by atoms with Crippen LogP contribution in [0.15, 0.2) is 0 Å². The van der Waals surface area contributed by atoms with E-state index in [1.54, 1.807) is 0 Å². The molecule has 0 heterocycles. The van der Waals surface area contributed by atoms with Gasteiger partial charge in [0.2, 0.25) is 5.91 Å². The van der Waals surface area contributed by atoms with Gasteiger partial charge < -0.3 is 5.73 Å². The summed E-state index contributed by atoms with van der Waals surface area (Å²) in [6.45, 7) is 3.89. The van der Waals surface area contributed by atoms with Gasteiger partial charge in [0.1, 0.15) is 0 Å². The van der Waals surface area contributed by atoms with Crippen LogP contribution >= 0.6 is 15.9 Å². The summed E-state index contributed by atoms with van der Waals surface area (Å²) >= 11 is 3.55. The summed E-state index contributed by atoms with van der Waals surface area (Å²) in [6, 6.07) is 0. The monoisotopic (exact) mass is 273 g/mol. The molecular formula is C11H16BrNO2. The topological polar surface area (TPSA) is 60.2 Å². The highest BCUT2D eigenvalue weighted by molar-refractivity contribution is 9.10. The molecule has 2 N–H and O–H groups in total. The van der Waals surface area contributed by atoms with Crippen molar-refractivity contribution in [1.29, 1.82) is 0 Å². The second kappa shape index (κ2) is 2.84. The van der Waals surface area contributed by atoms with Gasteiger partial charge in [-0.25, -0.2) is 0 Å². The Morgan fingerprint density at radius 1 is 1.47 bits per heavy atom. The van der Waals surface area contributed by atoms with Gasteiger partial charge in [0.15, 0.2) is 5.78 Å². The molecule has 3 nitrogen and oxygen atoms in total. The van der Waals surface area contributed by atoms with Crippen LogP contribution in [0.1, 0.15) is 39.5 Å². The maximum absolute atomic E-state index is 12.2. The molecule has 2 bridgehead atoms. The van der Waals surface area contributed by atoms with E-state index in [1.165, 1.54) is 0 Å². The van der Waals surface area contributed by atoms with Crippen molar-refractivity contribution in [1.82, 2.24) is 0 Å². The zero-order valence-corrected chi connectivity index (χ0v) is 10.7. The maximum atomic E-state index is 12.2. The van der Waals surface area contributed by atoms with Gasteiger partial charge in [0.25, 0.3) is 0 Å². The first-order chi connectivity index (χ1) is 6.74. The number of hydrogen-bond donors (Lipinski definition) is 1. The third-order valence-electron chi connectivity index (χ3n) is 4.43. The number of primary amides is 1. The van der Waals surface area contributed by atoms with E-state index in [1.807, 2.05) is 13.8 Å². The second-order valence-corrected chi connectivity index (χ2v) is 7.04. The third kappa shape index (κ3) is 1.23. The molecule has 15 heavy (non-hydrogen) atoms. The molecule has 2 rings (SSSR count). The van der Waals surface area contributed by atoms with Gasteiger partial charge in [-0.1, -0.05) is 29.8 Å². The predicted octanol–water partition coefficient (Wildman–Crippen LogP) is 1.77. The van der Waals surface area contributed by atoms with Crippen LogP contribution in [0.2, 0.25) is 0 Å². The first kappa shape index (κ1) is 11.1. The van der Waals surface area contributed by atoms with Crippen molar-refractivity contribution in [3.8, 4) is 0 Å². The molecule has 0 aromatic rings. The van der Waals surface area contributed by atoms with E-state index < -0.39 is 5.41 Å². The second-order valence-electron chi connectivity index (χ2n) is 5.52. The van der Waals surface area contributed by atoms with Gasteiger partial charge >= 0.3 is 0 Å². The summed E-state index contributed by atoms with van der Waals surface area (Å²) in [5.74, 6) is -0.0583. The summed E-state index contributed by atoms with van der Waals surface area (Å²) < 4.78 is -0.383. The fourth-order valence-corrected chi connectivity index (χ4v) is 4.61. The molecule has 0 aromatic heterocycles. The molecule has 0 saturated heterocycles. The first-order valence-corrected chi connectivity index (χ1v) is 6.05. The van der Waals surface area contributed by atoms with E-state index in [0.717, 1.165) is 19.3 Å². The molecule has 4 heteroatoms. The fraction of sp³-hybridized carbons (Fsp3) is 0.818. The quantitative estimate of drug-likeness (QED) is 0.780. The maximum Gasteiger partial charge on any atom is 0.218 e. The summed E-state index contributed by atoms with van der Waals surface area (Å²) in [5.41, 5.74) is 4.66. The molecule has 0 aliphatic heterocycles. The van der Waals surface area contributed by atoms with Crippen molar-refractivity contribution in [3.05, 3.63) is 0 Å². The highest BCUT2D eigenvalue weighted by Crippen LogP contribution is 2.67. The Bertz CT molecular complexity index is 352. The van der Waals surface area contributed by atoms with Gasteiger partial charge in [-0.15, -0.1) is 0 Å². The summed E-state index contributed by atoms with van der Waals surface area (Å²) in [6.07, 6.45) is 2.84. The lowest BCUT2D eigenvalue weighted by Crippen LogP contribution is -2.44. The number of rotatable bonds is 2. The number of ketones is 1. The van der Waals surface area contributed by atoms with Gasteiger partial charge in [0, 0.05) is 11.8 Å². The average Bonchev–Trinajstić information content (AvgIpc) is 2.48. The number of carbonyl (C=O) groups is 2. The summed E-state index contributed by atoms with van der Waals surface area (Å²) in [5, 5.41) is 0. The third-order valence-corrected chi connectivity index (χ3v) is 5.47. The molecule has 0 aromatic carbocycles. The molecule has 2 atom stereocenters. The van der Waals surface area contributed by atoms with Crippen LogP contribution in [0.3, 0.4) is 0 Å². The van der Waals surface area contributed by atoms with Crippen LogP contribution in [-0.2, 0) is 9.59 Å². The SMILES string of the molecule is CC1(C)C(=O)C2(Br)CCC1(CC(N)=O)C2. The minimum absolute atomic E-state index is 0.209. The highest BCUT2D eigenvalue weighted by atomic mass is 79.9. The Morgan fingerprint density at radius 2 is 2.07 bits per heavy atom. The molecule has 84 valence electrons. The number of alkyl halides is 1. The lowest BCUT2D eigenvalue weighted by Gasteiger charge is -2.40. The first-order valence-electron chi connectivity index (χ1n) is 5.26. The zero-order chi connectivity index (χ0) is 11.5. The molecular weight excluding hydrogens is 258 g/mol. The van der Waals surface area contributed by atoms with Gasteiger partial charge in [0.05, 0.1) is 4.32 Å². The van der Waals surface area contributed by atoms with E-state index in [0.29, 0.717) is 6.42 Å². The Morgan fingerprint density at radius 3 is 2.47 bits per heavy atom. The fourth-order valence-electron chi connectivity index (χ4n) is 3.38. The van der Waals surface area contributed by atoms with Crippen LogP contribution in [0.5, 0.6) is 0 Å². The van der Waals surface area contributed by atoms with Crippen molar-refractivity contribution in [2.24, 2.45) is 16.6 Å². The summed E-state index contributed by atoms with van der Waals surface area (Å²) in [7, 11) is 0.